The Balaban J connectivity index is 1.83. The summed E-state index contributed by atoms with van der Waals surface area (Å²) in [7, 11) is 0. The van der Waals surface area contributed by atoms with Gasteiger partial charge in [-0.15, -0.1) is 0 Å². The van der Waals surface area contributed by atoms with Gasteiger partial charge in [-0.3, -0.25) is 0 Å². The first-order valence-corrected chi connectivity index (χ1v) is 7.28. The molecule has 0 fully saturated rings. The summed E-state index contributed by atoms with van der Waals surface area (Å²) in [5.74, 6) is 0.701. The van der Waals surface area contributed by atoms with Crippen LogP contribution in [-0.2, 0) is 6.54 Å². The zero-order valence-corrected chi connectivity index (χ0v) is 12.5. The normalized spacial score (nSPS) is 11.6. The number of nitrogens with one attached hydrogen (secondary N) is 2. The van der Waals surface area contributed by atoms with E-state index in [1.54, 1.807) is 0 Å². The van der Waals surface area contributed by atoms with Crippen LogP contribution in [0.15, 0.2) is 34.7 Å². The van der Waals surface area contributed by atoms with Crippen molar-refractivity contribution in [3.8, 4) is 0 Å². The third-order valence-corrected chi connectivity index (χ3v) is 3.79. The molecule has 5 heteroatoms. The molecule has 0 atom stereocenters. The van der Waals surface area contributed by atoms with Gasteiger partial charge < -0.3 is 20.2 Å². The largest absolute Gasteiger partial charge is 0.459 e. The average molecular weight is 290 g/mol. The van der Waals surface area contributed by atoms with Crippen LogP contribution in [0.2, 0.25) is 0 Å². The minimum atomic E-state index is -0.837. The number of benzene rings is 1. The van der Waals surface area contributed by atoms with Crippen LogP contribution in [0.5, 0.6) is 0 Å². The van der Waals surface area contributed by atoms with Crippen molar-refractivity contribution in [2.24, 2.45) is 0 Å². The van der Waals surface area contributed by atoms with E-state index in [9.17, 15) is 9.90 Å². The number of hydrogen-bond acceptors (Lipinski definition) is 3. The van der Waals surface area contributed by atoms with Gasteiger partial charge in [-0.25, -0.2) is 4.79 Å². The number of fused-ring (bicyclic) bond motifs is 1. The van der Waals surface area contributed by atoms with E-state index in [0.717, 1.165) is 11.0 Å². The number of hydrogen-bond donors (Lipinski definition) is 3. The first-order valence-electron chi connectivity index (χ1n) is 7.28. The third-order valence-electron chi connectivity index (χ3n) is 3.79. The quantitative estimate of drug-likeness (QED) is 0.766. The first-order chi connectivity index (χ1) is 10.1. The van der Waals surface area contributed by atoms with E-state index < -0.39 is 5.60 Å². The lowest BCUT2D eigenvalue weighted by Gasteiger charge is -2.25. The molecule has 0 saturated carbocycles. The molecule has 1 heterocycles. The highest BCUT2D eigenvalue weighted by atomic mass is 16.3. The molecule has 0 aliphatic heterocycles. The van der Waals surface area contributed by atoms with Crippen molar-refractivity contribution in [3.05, 3.63) is 36.1 Å². The molecule has 2 aromatic rings. The van der Waals surface area contributed by atoms with E-state index in [1.807, 2.05) is 44.2 Å². The second-order valence-electron chi connectivity index (χ2n) is 5.22. The molecule has 21 heavy (non-hydrogen) atoms. The molecule has 2 amide bonds. The SMILES string of the molecule is CCC(O)(CC)CNC(=O)NCc1cc2ccccc2o1. The number of aliphatic hydroxyl groups is 1. The van der Waals surface area contributed by atoms with Gasteiger partial charge in [0.1, 0.15) is 11.3 Å². The molecule has 2 rings (SSSR count). The second-order valence-corrected chi connectivity index (χ2v) is 5.22. The topological polar surface area (TPSA) is 74.5 Å². The first kappa shape index (κ1) is 15.4. The maximum Gasteiger partial charge on any atom is 0.315 e. The summed E-state index contributed by atoms with van der Waals surface area (Å²) < 4.78 is 5.61. The molecular formula is C16H22N2O3. The van der Waals surface area contributed by atoms with Crippen LogP contribution < -0.4 is 10.6 Å². The number of amides is 2. The van der Waals surface area contributed by atoms with E-state index in [-0.39, 0.29) is 12.6 Å². The summed E-state index contributed by atoms with van der Waals surface area (Å²) in [5.41, 5.74) is -0.0301. The summed E-state index contributed by atoms with van der Waals surface area (Å²) in [6.07, 6.45) is 1.21. The zero-order chi connectivity index (χ0) is 15.3. The van der Waals surface area contributed by atoms with Crippen LogP contribution in [0.4, 0.5) is 4.79 Å². The van der Waals surface area contributed by atoms with Crippen molar-refractivity contribution < 1.29 is 14.3 Å². The van der Waals surface area contributed by atoms with Crippen molar-refractivity contribution in [2.45, 2.75) is 38.8 Å². The van der Waals surface area contributed by atoms with Crippen molar-refractivity contribution in [2.75, 3.05) is 6.54 Å². The Kier molecular flexibility index (Phi) is 4.85. The highest BCUT2D eigenvalue weighted by Crippen LogP contribution is 2.18. The lowest BCUT2D eigenvalue weighted by molar-refractivity contribution is 0.0349. The Morgan fingerprint density at radius 3 is 2.62 bits per heavy atom. The number of rotatable bonds is 6. The molecule has 5 nitrogen and oxygen atoms in total. The van der Waals surface area contributed by atoms with E-state index in [4.69, 9.17) is 4.42 Å². The van der Waals surface area contributed by atoms with Crippen molar-refractivity contribution in [1.29, 1.82) is 0 Å². The third kappa shape index (κ3) is 3.98. The van der Waals surface area contributed by atoms with Crippen LogP contribution in [0, 0.1) is 0 Å². The monoisotopic (exact) mass is 290 g/mol. The van der Waals surface area contributed by atoms with Gasteiger partial charge in [-0.1, -0.05) is 32.0 Å². The minimum Gasteiger partial charge on any atom is -0.459 e. The molecule has 1 aromatic carbocycles. The second kappa shape index (κ2) is 6.63. The number of carbonyl (C=O) groups excluding carboxylic acids is 1. The molecule has 0 radical (unpaired) electrons. The molecule has 3 N–H and O–H groups in total. The maximum absolute atomic E-state index is 11.7. The Morgan fingerprint density at radius 1 is 1.24 bits per heavy atom. The fourth-order valence-corrected chi connectivity index (χ4v) is 2.10. The van der Waals surface area contributed by atoms with Crippen molar-refractivity contribution in [1.82, 2.24) is 10.6 Å². The van der Waals surface area contributed by atoms with Gasteiger partial charge in [0, 0.05) is 11.9 Å². The lowest BCUT2D eigenvalue weighted by atomic mass is 9.98. The zero-order valence-electron chi connectivity index (χ0n) is 12.5. The predicted octanol–water partition coefficient (Wildman–Crippen LogP) is 2.78. The van der Waals surface area contributed by atoms with Gasteiger partial charge in [0.25, 0.3) is 0 Å². The highest BCUT2D eigenvalue weighted by molar-refractivity contribution is 5.78. The summed E-state index contributed by atoms with van der Waals surface area (Å²) in [5, 5.41) is 16.5. The van der Waals surface area contributed by atoms with Crippen LogP contribution in [0.1, 0.15) is 32.4 Å². The molecule has 0 spiro atoms. The number of urea groups is 1. The Labute approximate surface area is 124 Å². The van der Waals surface area contributed by atoms with E-state index in [2.05, 4.69) is 10.6 Å². The standard InChI is InChI=1S/C16H22N2O3/c1-3-16(20,4-2)11-18-15(19)17-10-13-9-12-7-5-6-8-14(12)21-13/h5-9,20H,3-4,10-11H2,1-2H3,(H2,17,18,19). The van der Waals surface area contributed by atoms with E-state index >= 15 is 0 Å². The maximum atomic E-state index is 11.7. The molecule has 0 unspecified atom stereocenters. The van der Waals surface area contributed by atoms with Gasteiger partial charge in [0.05, 0.1) is 12.1 Å². The minimum absolute atomic E-state index is 0.242. The predicted molar refractivity (Wildman–Crippen MR) is 82.0 cm³/mol. The summed E-state index contributed by atoms with van der Waals surface area (Å²) in [6.45, 7) is 4.36. The van der Waals surface area contributed by atoms with Crippen LogP contribution in [0.25, 0.3) is 11.0 Å². The smallest absolute Gasteiger partial charge is 0.315 e. The van der Waals surface area contributed by atoms with E-state index in [1.165, 1.54) is 0 Å². The Morgan fingerprint density at radius 2 is 1.95 bits per heavy atom. The van der Waals surface area contributed by atoms with Crippen molar-refractivity contribution >= 4 is 17.0 Å². The highest BCUT2D eigenvalue weighted by Gasteiger charge is 2.22. The Bertz CT molecular complexity index is 569. The molecule has 1 aromatic heterocycles. The Hall–Kier alpha value is -2.01. The fraction of sp³-hybridized carbons (Fsp3) is 0.438. The number of furan rings is 1. The van der Waals surface area contributed by atoms with Gasteiger partial charge in [0.15, 0.2) is 0 Å². The number of carbonyl (C=O) groups is 1. The molecule has 0 saturated heterocycles. The van der Waals surface area contributed by atoms with Gasteiger partial charge in [0.2, 0.25) is 0 Å². The van der Waals surface area contributed by atoms with Gasteiger partial charge in [-0.05, 0) is 25.0 Å². The summed E-state index contributed by atoms with van der Waals surface area (Å²) in [4.78, 5) is 11.7. The lowest BCUT2D eigenvalue weighted by Crippen LogP contribution is -2.45. The summed E-state index contributed by atoms with van der Waals surface area (Å²) >= 11 is 0. The molecular weight excluding hydrogens is 268 g/mol. The van der Waals surface area contributed by atoms with Crippen LogP contribution in [0.3, 0.4) is 0 Å². The van der Waals surface area contributed by atoms with Crippen LogP contribution >= 0.6 is 0 Å². The molecule has 0 aliphatic rings. The van der Waals surface area contributed by atoms with Gasteiger partial charge >= 0.3 is 6.03 Å². The molecule has 0 bridgehead atoms. The number of para-hydroxylation sites is 1. The molecule has 114 valence electrons. The van der Waals surface area contributed by atoms with Crippen LogP contribution in [-0.4, -0.2) is 23.3 Å². The van der Waals surface area contributed by atoms with Crippen molar-refractivity contribution in [3.63, 3.8) is 0 Å². The fourth-order valence-electron chi connectivity index (χ4n) is 2.10. The van der Waals surface area contributed by atoms with Gasteiger partial charge in [-0.2, -0.15) is 0 Å². The summed E-state index contributed by atoms with van der Waals surface area (Å²) in [6, 6.07) is 9.30. The molecule has 0 aliphatic carbocycles. The van der Waals surface area contributed by atoms with E-state index in [0.29, 0.717) is 25.1 Å². The average Bonchev–Trinajstić information content (AvgIpc) is 2.93.